The van der Waals surface area contributed by atoms with Crippen LogP contribution in [0.2, 0.25) is 0 Å². The van der Waals surface area contributed by atoms with Gasteiger partial charge < -0.3 is 10.1 Å². The number of anilines is 1. The monoisotopic (exact) mass is 345 g/mol. The Labute approximate surface area is 134 Å². The van der Waals surface area contributed by atoms with E-state index in [9.17, 15) is 0 Å². The Balaban J connectivity index is 1.67. The molecule has 0 heterocycles. The Hall–Kier alpha value is -1.32. The molecule has 1 saturated carbocycles. The summed E-state index contributed by atoms with van der Waals surface area (Å²) in [6.07, 6.45) is 2.71. The zero-order chi connectivity index (χ0) is 14.7. The fraction of sp³-hybridized carbons (Fsp3) is 0.333. The van der Waals surface area contributed by atoms with E-state index in [1.54, 1.807) is 7.11 Å². The molecule has 0 amide bonds. The molecule has 0 aromatic heterocycles. The van der Waals surface area contributed by atoms with Gasteiger partial charge in [-0.15, -0.1) is 0 Å². The third kappa shape index (κ3) is 3.66. The number of methoxy groups -OCH3 is 1. The summed E-state index contributed by atoms with van der Waals surface area (Å²) in [7, 11) is 1.72. The van der Waals surface area contributed by atoms with Crippen molar-refractivity contribution in [3.8, 4) is 0 Å². The van der Waals surface area contributed by atoms with Gasteiger partial charge in [-0.2, -0.15) is 0 Å². The maximum atomic E-state index is 5.28. The summed E-state index contributed by atoms with van der Waals surface area (Å²) in [6, 6.07) is 15.2. The molecule has 2 nitrogen and oxygen atoms in total. The molecule has 0 atom stereocenters. The van der Waals surface area contributed by atoms with Crippen LogP contribution in [0.1, 0.15) is 35.4 Å². The van der Waals surface area contributed by atoms with Crippen LogP contribution in [0.25, 0.3) is 0 Å². The van der Waals surface area contributed by atoms with Crippen LogP contribution in [0.4, 0.5) is 5.69 Å². The van der Waals surface area contributed by atoms with E-state index < -0.39 is 0 Å². The minimum absolute atomic E-state index is 0.602. The minimum Gasteiger partial charge on any atom is -0.381 e. The van der Waals surface area contributed by atoms with Crippen molar-refractivity contribution in [1.82, 2.24) is 0 Å². The van der Waals surface area contributed by atoms with Crippen LogP contribution in [-0.2, 0) is 17.9 Å². The molecule has 3 rings (SSSR count). The molecule has 0 saturated heterocycles. The number of halogens is 1. The van der Waals surface area contributed by atoms with Crippen molar-refractivity contribution < 1.29 is 4.74 Å². The Kier molecular flexibility index (Phi) is 4.61. The van der Waals surface area contributed by atoms with Gasteiger partial charge in [0.15, 0.2) is 0 Å². The average Bonchev–Trinajstić information content (AvgIpc) is 3.33. The van der Waals surface area contributed by atoms with Crippen LogP contribution >= 0.6 is 15.9 Å². The standard InChI is InChI=1S/C18H20BrNO/c1-21-12-16-17(19)3-2-4-18(16)20-11-13-5-7-14(8-6-13)15-9-10-15/h2-8,15,20H,9-12H2,1H3. The highest BCUT2D eigenvalue weighted by molar-refractivity contribution is 9.10. The highest BCUT2D eigenvalue weighted by Gasteiger charge is 2.22. The zero-order valence-electron chi connectivity index (χ0n) is 12.2. The highest BCUT2D eigenvalue weighted by atomic mass is 79.9. The molecule has 0 spiro atoms. The first-order chi connectivity index (χ1) is 10.3. The van der Waals surface area contributed by atoms with Crippen molar-refractivity contribution in [3.05, 3.63) is 63.6 Å². The average molecular weight is 346 g/mol. The van der Waals surface area contributed by atoms with Gasteiger partial charge in [0.2, 0.25) is 0 Å². The van der Waals surface area contributed by atoms with Crippen LogP contribution in [0.3, 0.4) is 0 Å². The molecule has 1 fully saturated rings. The van der Waals surface area contributed by atoms with Gasteiger partial charge in [0.1, 0.15) is 0 Å². The largest absolute Gasteiger partial charge is 0.381 e. The highest BCUT2D eigenvalue weighted by Crippen LogP contribution is 2.39. The SMILES string of the molecule is COCc1c(Br)cccc1NCc1ccc(C2CC2)cc1. The van der Waals surface area contributed by atoms with E-state index in [1.165, 1.54) is 24.0 Å². The maximum Gasteiger partial charge on any atom is 0.0744 e. The number of rotatable bonds is 6. The topological polar surface area (TPSA) is 21.3 Å². The quantitative estimate of drug-likeness (QED) is 0.787. The van der Waals surface area contributed by atoms with E-state index in [2.05, 4.69) is 51.6 Å². The molecule has 21 heavy (non-hydrogen) atoms. The van der Waals surface area contributed by atoms with Gasteiger partial charge in [-0.05, 0) is 42.0 Å². The van der Waals surface area contributed by atoms with Gasteiger partial charge in [-0.1, -0.05) is 46.3 Å². The second kappa shape index (κ2) is 6.63. The summed E-state index contributed by atoms with van der Waals surface area (Å²) < 4.78 is 6.36. The number of nitrogens with one attached hydrogen (secondary N) is 1. The van der Waals surface area contributed by atoms with Crippen LogP contribution in [0.15, 0.2) is 46.9 Å². The maximum absolute atomic E-state index is 5.28. The van der Waals surface area contributed by atoms with E-state index in [0.717, 1.165) is 28.2 Å². The van der Waals surface area contributed by atoms with Crippen molar-refractivity contribution >= 4 is 21.6 Å². The van der Waals surface area contributed by atoms with Gasteiger partial charge in [-0.3, -0.25) is 0 Å². The Morgan fingerprint density at radius 2 is 1.90 bits per heavy atom. The van der Waals surface area contributed by atoms with Gasteiger partial charge in [-0.25, -0.2) is 0 Å². The van der Waals surface area contributed by atoms with Crippen LogP contribution in [0.5, 0.6) is 0 Å². The lowest BCUT2D eigenvalue weighted by Crippen LogP contribution is -2.03. The smallest absolute Gasteiger partial charge is 0.0744 e. The molecule has 0 bridgehead atoms. The Morgan fingerprint density at radius 1 is 1.14 bits per heavy atom. The molecular formula is C18H20BrNO. The summed E-state index contributed by atoms with van der Waals surface area (Å²) in [4.78, 5) is 0. The molecule has 2 aromatic carbocycles. The second-order valence-electron chi connectivity index (χ2n) is 5.57. The van der Waals surface area contributed by atoms with E-state index in [0.29, 0.717) is 6.61 Å². The van der Waals surface area contributed by atoms with Gasteiger partial charge in [0.25, 0.3) is 0 Å². The number of hydrogen-bond donors (Lipinski definition) is 1. The van der Waals surface area contributed by atoms with Gasteiger partial charge >= 0.3 is 0 Å². The molecule has 1 aliphatic carbocycles. The molecule has 1 N–H and O–H groups in total. The molecule has 110 valence electrons. The van der Waals surface area contributed by atoms with Crippen LogP contribution in [-0.4, -0.2) is 7.11 Å². The third-order valence-electron chi connectivity index (χ3n) is 3.92. The van der Waals surface area contributed by atoms with Crippen molar-refractivity contribution in [2.24, 2.45) is 0 Å². The summed E-state index contributed by atoms with van der Waals surface area (Å²) in [5.74, 6) is 0.824. The normalized spacial score (nSPS) is 14.2. The molecule has 2 aromatic rings. The zero-order valence-corrected chi connectivity index (χ0v) is 13.8. The van der Waals surface area contributed by atoms with Crippen molar-refractivity contribution in [1.29, 1.82) is 0 Å². The second-order valence-corrected chi connectivity index (χ2v) is 6.42. The molecule has 1 aliphatic rings. The summed E-state index contributed by atoms with van der Waals surface area (Å²) >= 11 is 3.59. The number of ether oxygens (including phenoxy) is 1. The van der Waals surface area contributed by atoms with Gasteiger partial charge in [0.05, 0.1) is 6.61 Å². The summed E-state index contributed by atoms with van der Waals surface area (Å²) in [5, 5.41) is 3.51. The number of benzene rings is 2. The van der Waals surface area contributed by atoms with Crippen LogP contribution < -0.4 is 5.32 Å². The molecular weight excluding hydrogens is 326 g/mol. The molecule has 0 radical (unpaired) electrons. The van der Waals surface area contributed by atoms with Crippen molar-refractivity contribution in [2.75, 3.05) is 12.4 Å². The van der Waals surface area contributed by atoms with E-state index in [1.807, 2.05) is 12.1 Å². The summed E-state index contributed by atoms with van der Waals surface area (Å²) in [5.41, 5.74) is 5.08. The van der Waals surface area contributed by atoms with E-state index in [4.69, 9.17) is 4.74 Å². The molecule has 0 aliphatic heterocycles. The lowest BCUT2D eigenvalue weighted by atomic mass is 10.1. The summed E-state index contributed by atoms with van der Waals surface area (Å²) in [6.45, 7) is 1.43. The fourth-order valence-electron chi connectivity index (χ4n) is 2.54. The number of hydrogen-bond acceptors (Lipinski definition) is 2. The first-order valence-electron chi connectivity index (χ1n) is 7.37. The van der Waals surface area contributed by atoms with Gasteiger partial charge in [0, 0.05) is 29.4 Å². The van der Waals surface area contributed by atoms with E-state index >= 15 is 0 Å². The third-order valence-corrected chi connectivity index (χ3v) is 4.66. The Morgan fingerprint density at radius 3 is 2.57 bits per heavy atom. The van der Waals surface area contributed by atoms with Crippen LogP contribution in [0, 0.1) is 0 Å². The van der Waals surface area contributed by atoms with Crippen molar-refractivity contribution in [3.63, 3.8) is 0 Å². The predicted octanol–water partition coefficient (Wildman–Crippen LogP) is 5.09. The molecule has 3 heteroatoms. The fourth-order valence-corrected chi connectivity index (χ4v) is 3.02. The lowest BCUT2D eigenvalue weighted by Gasteiger charge is -2.13. The first-order valence-corrected chi connectivity index (χ1v) is 8.16. The first kappa shape index (κ1) is 14.6. The van der Waals surface area contributed by atoms with E-state index in [-0.39, 0.29) is 0 Å². The Bertz CT molecular complexity index is 605. The minimum atomic E-state index is 0.602. The lowest BCUT2D eigenvalue weighted by molar-refractivity contribution is 0.185. The predicted molar refractivity (Wildman–Crippen MR) is 90.6 cm³/mol. The molecule has 0 unspecified atom stereocenters. The van der Waals surface area contributed by atoms with Crippen molar-refractivity contribution in [2.45, 2.75) is 31.9 Å².